The maximum atomic E-state index is 13.5. The van der Waals surface area contributed by atoms with Gasteiger partial charge in [-0.15, -0.1) is 0 Å². The Bertz CT molecular complexity index is 1380. The lowest BCUT2D eigenvalue weighted by molar-refractivity contribution is -0.132. The minimum Gasteiger partial charge on any atom is -0.464 e. The summed E-state index contributed by atoms with van der Waals surface area (Å²) in [4.78, 5) is 35.2. The van der Waals surface area contributed by atoms with Gasteiger partial charge in [-0.3, -0.25) is 9.59 Å². The number of benzene rings is 2. The van der Waals surface area contributed by atoms with Gasteiger partial charge in [-0.1, -0.05) is 24.3 Å². The van der Waals surface area contributed by atoms with Crippen molar-refractivity contribution in [2.24, 2.45) is 0 Å². The van der Waals surface area contributed by atoms with E-state index >= 15 is 0 Å². The Labute approximate surface area is 191 Å². The fourth-order valence-electron chi connectivity index (χ4n) is 4.48. The van der Waals surface area contributed by atoms with Crippen LogP contribution in [0.2, 0.25) is 0 Å². The average Bonchev–Trinajstić information content (AvgIpc) is 3.46. The molecule has 1 amide bonds. The third-order valence-electron chi connectivity index (χ3n) is 6.49. The van der Waals surface area contributed by atoms with E-state index in [0.717, 1.165) is 40.5 Å². The van der Waals surface area contributed by atoms with Crippen LogP contribution in [0, 0.1) is 13.8 Å². The molecule has 0 saturated carbocycles. The lowest BCUT2D eigenvalue weighted by Gasteiger charge is -2.25. The van der Waals surface area contributed by atoms with Gasteiger partial charge in [0.25, 0.3) is 5.56 Å². The predicted molar refractivity (Wildman–Crippen MR) is 126 cm³/mol. The first-order valence-corrected chi connectivity index (χ1v) is 11.3. The van der Waals surface area contributed by atoms with Crippen LogP contribution in [-0.4, -0.2) is 40.0 Å². The van der Waals surface area contributed by atoms with Crippen molar-refractivity contribution in [3.8, 4) is 0 Å². The first-order chi connectivity index (χ1) is 16.0. The molecule has 33 heavy (non-hydrogen) atoms. The smallest absolute Gasteiger partial charge is 0.258 e. The van der Waals surface area contributed by atoms with Crippen LogP contribution in [-0.2, 0) is 22.5 Å². The molecule has 3 heterocycles. The highest BCUT2D eigenvalue weighted by Gasteiger charge is 2.25. The minimum absolute atomic E-state index is 0.00730. The number of hydrogen-bond donors (Lipinski definition) is 1. The number of ether oxygens (including phenoxy) is 1. The number of carbonyl (C=O) groups is 1. The summed E-state index contributed by atoms with van der Waals surface area (Å²) in [5.74, 6) is 0.413. The molecule has 1 saturated heterocycles. The summed E-state index contributed by atoms with van der Waals surface area (Å²) in [5, 5.41) is 1.49. The number of hydrogen-bond acceptors (Lipinski definition) is 5. The molecule has 2 aromatic carbocycles. The molecule has 7 heteroatoms. The van der Waals surface area contributed by atoms with Crippen LogP contribution in [0.4, 0.5) is 0 Å². The van der Waals surface area contributed by atoms with E-state index in [0.29, 0.717) is 29.9 Å². The number of amides is 1. The van der Waals surface area contributed by atoms with Crippen molar-refractivity contribution >= 4 is 27.8 Å². The fourth-order valence-corrected chi connectivity index (χ4v) is 4.48. The van der Waals surface area contributed by atoms with Crippen molar-refractivity contribution < 1.29 is 13.9 Å². The Balaban J connectivity index is 1.43. The number of carbonyl (C=O) groups excluding carboxylic acids is 1. The first kappa shape index (κ1) is 21.4. The zero-order valence-electron chi connectivity index (χ0n) is 18.9. The van der Waals surface area contributed by atoms with Crippen LogP contribution < -0.4 is 5.56 Å². The van der Waals surface area contributed by atoms with Crippen molar-refractivity contribution in [2.45, 2.75) is 45.8 Å². The van der Waals surface area contributed by atoms with E-state index in [4.69, 9.17) is 9.15 Å². The third kappa shape index (κ3) is 4.28. The van der Waals surface area contributed by atoms with Crippen molar-refractivity contribution in [1.82, 2.24) is 14.9 Å². The fraction of sp³-hybridized carbons (Fsp3) is 0.346. The number of nitrogens with zero attached hydrogens (tertiary/aromatic N) is 2. The molecule has 2 aromatic heterocycles. The number of H-pyrrole nitrogens is 1. The highest BCUT2D eigenvalue weighted by atomic mass is 16.5. The molecule has 1 N–H and O–H groups in total. The Hall–Kier alpha value is -3.45. The number of fused-ring (bicyclic) bond motifs is 2. The lowest BCUT2D eigenvalue weighted by atomic mass is 10.0. The van der Waals surface area contributed by atoms with E-state index in [-0.39, 0.29) is 30.5 Å². The van der Waals surface area contributed by atoms with E-state index < -0.39 is 0 Å². The largest absolute Gasteiger partial charge is 0.464 e. The van der Waals surface area contributed by atoms with Crippen LogP contribution >= 0.6 is 0 Å². The second-order valence-corrected chi connectivity index (χ2v) is 8.76. The van der Waals surface area contributed by atoms with E-state index in [1.165, 1.54) is 0 Å². The van der Waals surface area contributed by atoms with Crippen molar-refractivity contribution in [1.29, 1.82) is 0 Å². The van der Waals surface area contributed by atoms with Crippen molar-refractivity contribution in [2.75, 3.05) is 13.2 Å². The molecule has 7 nitrogen and oxygen atoms in total. The molecule has 0 aliphatic carbocycles. The highest BCUT2D eigenvalue weighted by molar-refractivity contribution is 5.89. The van der Waals surface area contributed by atoms with Crippen LogP contribution in [0.25, 0.3) is 21.9 Å². The summed E-state index contributed by atoms with van der Waals surface area (Å²) in [6, 6.07) is 11.3. The molecule has 1 aliphatic rings. The van der Waals surface area contributed by atoms with Gasteiger partial charge in [-0.25, -0.2) is 4.98 Å². The standard InChI is InChI=1S/C26H27N3O4/c1-16-9-10-20-18(15-33-25(20)17(16)2)12-24(30)29(13-19-6-5-11-32-19)14-23-27-22-8-4-3-7-21(22)26(31)28-23/h3-4,7-10,15,19H,5-6,11-14H2,1-2H3,(H,27,28,31). The second kappa shape index (κ2) is 8.83. The van der Waals surface area contributed by atoms with Crippen LogP contribution in [0.3, 0.4) is 0 Å². The number of furan rings is 1. The number of para-hydroxylation sites is 1. The van der Waals surface area contributed by atoms with Crippen molar-refractivity contribution in [3.63, 3.8) is 0 Å². The summed E-state index contributed by atoms with van der Waals surface area (Å²) in [5.41, 5.74) is 4.33. The number of aromatic amines is 1. The monoisotopic (exact) mass is 445 g/mol. The number of rotatable bonds is 6. The van der Waals surface area contributed by atoms with Crippen molar-refractivity contribution in [3.05, 3.63) is 75.5 Å². The second-order valence-electron chi connectivity index (χ2n) is 8.76. The van der Waals surface area contributed by atoms with Gasteiger partial charge in [-0.05, 0) is 49.9 Å². The Morgan fingerprint density at radius 3 is 2.85 bits per heavy atom. The van der Waals surface area contributed by atoms with Gasteiger partial charge in [0.1, 0.15) is 11.4 Å². The molecule has 1 fully saturated rings. The maximum Gasteiger partial charge on any atom is 0.258 e. The van der Waals surface area contributed by atoms with E-state index in [1.54, 1.807) is 17.2 Å². The molecule has 1 atom stereocenters. The molecule has 0 bridgehead atoms. The number of aromatic nitrogens is 2. The zero-order valence-corrected chi connectivity index (χ0v) is 18.9. The van der Waals surface area contributed by atoms with Crippen LogP contribution in [0.5, 0.6) is 0 Å². The molecule has 170 valence electrons. The summed E-state index contributed by atoms with van der Waals surface area (Å²) in [6.07, 6.45) is 3.78. The van der Waals surface area contributed by atoms with Gasteiger partial charge in [0.05, 0.1) is 36.2 Å². The average molecular weight is 446 g/mol. The van der Waals surface area contributed by atoms with Gasteiger partial charge in [0.15, 0.2) is 0 Å². The van der Waals surface area contributed by atoms with E-state index in [2.05, 4.69) is 16.0 Å². The van der Waals surface area contributed by atoms with E-state index in [9.17, 15) is 9.59 Å². The topological polar surface area (TPSA) is 88.4 Å². The first-order valence-electron chi connectivity index (χ1n) is 11.3. The van der Waals surface area contributed by atoms with Gasteiger partial charge in [0, 0.05) is 24.1 Å². The summed E-state index contributed by atoms with van der Waals surface area (Å²) in [6.45, 7) is 5.46. The predicted octanol–water partition coefficient (Wildman–Crippen LogP) is 4.04. The van der Waals surface area contributed by atoms with E-state index in [1.807, 2.05) is 38.1 Å². The van der Waals surface area contributed by atoms with Crippen LogP contribution in [0.15, 0.2) is 51.9 Å². The van der Waals surface area contributed by atoms with Gasteiger partial charge >= 0.3 is 0 Å². The molecular formula is C26H27N3O4. The zero-order chi connectivity index (χ0) is 22.9. The summed E-state index contributed by atoms with van der Waals surface area (Å²) < 4.78 is 11.6. The maximum absolute atomic E-state index is 13.5. The minimum atomic E-state index is -0.202. The third-order valence-corrected chi connectivity index (χ3v) is 6.49. The molecular weight excluding hydrogens is 418 g/mol. The normalized spacial score (nSPS) is 16.0. The quantitative estimate of drug-likeness (QED) is 0.484. The summed E-state index contributed by atoms with van der Waals surface area (Å²) >= 11 is 0. The molecule has 0 spiro atoms. The van der Waals surface area contributed by atoms with Gasteiger partial charge in [-0.2, -0.15) is 0 Å². The molecule has 4 aromatic rings. The summed E-state index contributed by atoms with van der Waals surface area (Å²) in [7, 11) is 0. The van der Waals surface area contributed by atoms with Crippen LogP contribution in [0.1, 0.15) is 35.4 Å². The van der Waals surface area contributed by atoms with Gasteiger partial charge in [0.2, 0.25) is 5.91 Å². The van der Waals surface area contributed by atoms with Gasteiger partial charge < -0.3 is 19.0 Å². The SMILES string of the molecule is Cc1ccc2c(CC(=O)N(Cc3nc4ccccc4c(=O)[nH]3)CC3CCCO3)coc2c1C. The highest BCUT2D eigenvalue weighted by Crippen LogP contribution is 2.27. The Kier molecular flexibility index (Phi) is 5.72. The Morgan fingerprint density at radius 1 is 1.18 bits per heavy atom. The molecule has 5 rings (SSSR count). The lowest BCUT2D eigenvalue weighted by Crippen LogP contribution is -2.38. The Morgan fingerprint density at radius 2 is 2.03 bits per heavy atom. The number of nitrogens with one attached hydrogen (secondary N) is 1. The molecule has 1 aliphatic heterocycles. The molecule has 0 radical (unpaired) electrons. The number of aryl methyl sites for hydroxylation is 2. The molecule has 1 unspecified atom stereocenters.